The highest BCUT2D eigenvalue weighted by Gasteiger charge is 2.39. The summed E-state index contributed by atoms with van der Waals surface area (Å²) in [6, 6.07) is 8.62. The maximum Gasteiger partial charge on any atom is 0.343 e. The number of benzene rings is 1. The molecule has 1 aliphatic rings. The smallest absolute Gasteiger partial charge is 0.343 e. The number of hydrogen-bond donors (Lipinski definition) is 1. The van der Waals surface area contributed by atoms with Crippen molar-refractivity contribution in [3.05, 3.63) is 69.1 Å². The molecule has 1 aliphatic heterocycles. The first-order chi connectivity index (χ1) is 12.5. The third-order valence-electron chi connectivity index (χ3n) is 4.08. The van der Waals surface area contributed by atoms with Gasteiger partial charge in [0.05, 0.1) is 25.2 Å². The molecule has 2 N–H and O–H groups in total. The van der Waals surface area contributed by atoms with Crippen molar-refractivity contribution in [2.75, 3.05) is 13.7 Å². The summed E-state index contributed by atoms with van der Waals surface area (Å²) < 4.78 is 21.3. The molecule has 0 saturated carbocycles. The minimum absolute atomic E-state index is 0.0417. The fourth-order valence-electron chi connectivity index (χ4n) is 3.04. The van der Waals surface area contributed by atoms with E-state index in [9.17, 15) is 9.59 Å². The summed E-state index contributed by atoms with van der Waals surface area (Å²) in [5.74, 6) is -0.478. The van der Waals surface area contributed by atoms with Crippen LogP contribution in [-0.4, -0.2) is 19.7 Å². The lowest BCUT2D eigenvalue weighted by atomic mass is 9.83. The van der Waals surface area contributed by atoms with Crippen LogP contribution in [0.3, 0.4) is 0 Å². The summed E-state index contributed by atoms with van der Waals surface area (Å²) in [6.45, 7) is 3.47. The SMILES string of the molecule is CCOC(=O)C1=C(N)Oc2cc(C)oc(=O)c2C1c1ccccc1OC. The van der Waals surface area contributed by atoms with Crippen molar-refractivity contribution in [1.82, 2.24) is 0 Å². The van der Waals surface area contributed by atoms with E-state index in [-0.39, 0.29) is 29.4 Å². The summed E-state index contributed by atoms with van der Waals surface area (Å²) in [7, 11) is 1.51. The molecule has 7 nitrogen and oxygen atoms in total. The van der Waals surface area contributed by atoms with E-state index in [0.717, 1.165) is 0 Å². The second kappa shape index (κ2) is 6.95. The zero-order chi connectivity index (χ0) is 18.8. The highest BCUT2D eigenvalue weighted by atomic mass is 16.5. The van der Waals surface area contributed by atoms with Gasteiger partial charge in [-0.25, -0.2) is 9.59 Å². The molecule has 0 fully saturated rings. The van der Waals surface area contributed by atoms with Crippen molar-refractivity contribution in [2.45, 2.75) is 19.8 Å². The van der Waals surface area contributed by atoms with Gasteiger partial charge in [0.25, 0.3) is 0 Å². The Bertz CT molecular complexity index is 943. The predicted molar refractivity (Wildman–Crippen MR) is 93.0 cm³/mol. The lowest BCUT2D eigenvalue weighted by molar-refractivity contribution is -0.139. The van der Waals surface area contributed by atoms with Gasteiger partial charge in [-0.2, -0.15) is 0 Å². The summed E-state index contributed by atoms with van der Waals surface area (Å²) in [5.41, 5.74) is 6.23. The number of para-hydroxylation sites is 1. The lowest BCUT2D eigenvalue weighted by Crippen LogP contribution is -2.31. The van der Waals surface area contributed by atoms with Gasteiger partial charge in [0, 0.05) is 11.6 Å². The molecule has 136 valence electrons. The number of esters is 1. The van der Waals surface area contributed by atoms with E-state index in [2.05, 4.69) is 0 Å². The molecule has 1 aromatic heterocycles. The van der Waals surface area contributed by atoms with Crippen LogP contribution in [0.1, 0.15) is 29.7 Å². The van der Waals surface area contributed by atoms with E-state index in [1.165, 1.54) is 7.11 Å². The molecule has 0 spiro atoms. The molecule has 2 aromatic rings. The Morgan fingerprint density at radius 2 is 2.04 bits per heavy atom. The fraction of sp³-hybridized carbons (Fsp3) is 0.263. The van der Waals surface area contributed by atoms with Crippen LogP contribution in [0, 0.1) is 6.92 Å². The predicted octanol–water partition coefficient (Wildman–Crippen LogP) is 2.21. The van der Waals surface area contributed by atoms with Gasteiger partial charge in [0.2, 0.25) is 5.88 Å². The van der Waals surface area contributed by atoms with E-state index in [0.29, 0.717) is 17.1 Å². The minimum Gasteiger partial charge on any atom is -0.496 e. The number of nitrogens with two attached hydrogens (primary N) is 1. The topological polar surface area (TPSA) is 101 Å². The van der Waals surface area contributed by atoms with Crippen molar-refractivity contribution in [3.63, 3.8) is 0 Å². The Hall–Kier alpha value is -3.22. The number of rotatable bonds is 4. The second-order valence-electron chi connectivity index (χ2n) is 5.70. The maximum absolute atomic E-state index is 12.6. The van der Waals surface area contributed by atoms with Crippen LogP contribution < -0.4 is 20.8 Å². The van der Waals surface area contributed by atoms with Crippen molar-refractivity contribution >= 4 is 5.97 Å². The molecule has 0 radical (unpaired) electrons. The van der Waals surface area contributed by atoms with E-state index >= 15 is 0 Å². The van der Waals surface area contributed by atoms with Gasteiger partial charge < -0.3 is 24.4 Å². The van der Waals surface area contributed by atoms with E-state index in [4.69, 9.17) is 24.4 Å². The summed E-state index contributed by atoms with van der Waals surface area (Å²) >= 11 is 0. The molecule has 1 unspecified atom stereocenters. The first-order valence-electron chi connectivity index (χ1n) is 8.10. The highest BCUT2D eigenvalue weighted by Crippen LogP contribution is 2.44. The molecule has 0 bridgehead atoms. The minimum atomic E-state index is -0.828. The molecule has 7 heteroatoms. The quantitative estimate of drug-likeness (QED) is 0.837. The van der Waals surface area contributed by atoms with E-state index in [1.807, 2.05) is 0 Å². The van der Waals surface area contributed by atoms with Crippen LogP contribution in [0.25, 0.3) is 0 Å². The standard InChI is InChI=1S/C19H19NO6/c1-4-24-18(21)16-14(11-7-5-6-8-12(11)23-3)15-13(26-17(16)20)9-10(2)25-19(15)22/h5-9,14H,4,20H2,1-3H3. The number of carbonyl (C=O) groups is 1. The zero-order valence-corrected chi connectivity index (χ0v) is 14.7. The van der Waals surface area contributed by atoms with Crippen molar-refractivity contribution in [2.24, 2.45) is 5.73 Å². The molecule has 0 aliphatic carbocycles. The lowest BCUT2D eigenvalue weighted by Gasteiger charge is -2.28. The van der Waals surface area contributed by atoms with Crippen LogP contribution >= 0.6 is 0 Å². The first kappa shape index (κ1) is 17.6. The third kappa shape index (κ3) is 2.92. The number of hydrogen-bond acceptors (Lipinski definition) is 7. The number of aryl methyl sites for hydroxylation is 1. The molecule has 1 atom stereocenters. The Morgan fingerprint density at radius 3 is 2.73 bits per heavy atom. The largest absolute Gasteiger partial charge is 0.496 e. The number of ether oxygens (including phenoxy) is 3. The molecule has 0 amide bonds. The molecule has 2 heterocycles. The third-order valence-corrected chi connectivity index (χ3v) is 4.08. The summed E-state index contributed by atoms with van der Waals surface area (Å²) in [5, 5.41) is 0. The molecule has 26 heavy (non-hydrogen) atoms. The van der Waals surface area contributed by atoms with Gasteiger partial charge in [0.1, 0.15) is 22.8 Å². The van der Waals surface area contributed by atoms with Crippen LogP contribution in [0.15, 0.2) is 51.0 Å². The zero-order valence-electron chi connectivity index (χ0n) is 14.7. The second-order valence-corrected chi connectivity index (χ2v) is 5.70. The monoisotopic (exact) mass is 357 g/mol. The van der Waals surface area contributed by atoms with Crippen molar-refractivity contribution < 1.29 is 23.4 Å². The molecular formula is C19H19NO6. The molecule has 1 aromatic carbocycles. The number of fused-ring (bicyclic) bond motifs is 1. The fourth-order valence-corrected chi connectivity index (χ4v) is 3.04. The van der Waals surface area contributed by atoms with E-state index < -0.39 is 17.5 Å². The molecular weight excluding hydrogens is 338 g/mol. The molecule has 0 saturated heterocycles. The summed E-state index contributed by atoms with van der Waals surface area (Å²) in [4.78, 5) is 25.2. The number of methoxy groups -OCH3 is 1. The highest BCUT2D eigenvalue weighted by molar-refractivity contribution is 5.92. The van der Waals surface area contributed by atoms with Gasteiger partial charge in [-0.15, -0.1) is 0 Å². The average Bonchev–Trinajstić information content (AvgIpc) is 2.60. The van der Waals surface area contributed by atoms with Gasteiger partial charge in [-0.3, -0.25) is 0 Å². The first-order valence-corrected chi connectivity index (χ1v) is 8.10. The van der Waals surface area contributed by atoms with Gasteiger partial charge in [0.15, 0.2) is 0 Å². The van der Waals surface area contributed by atoms with Crippen molar-refractivity contribution in [3.8, 4) is 11.5 Å². The molecule has 3 rings (SSSR count). The maximum atomic E-state index is 12.6. The average molecular weight is 357 g/mol. The Labute approximate surface area is 150 Å². The van der Waals surface area contributed by atoms with Gasteiger partial charge >= 0.3 is 11.6 Å². The summed E-state index contributed by atoms with van der Waals surface area (Å²) in [6.07, 6.45) is 0. The Balaban J connectivity index is 2.31. The van der Waals surface area contributed by atoms with Crippen LogP contribution in [-0.2, 0) is 9.53 Å². The Kier molecular flexibility index (Phi) is 4.71. The van der Waals surface area contributed by atoms with Crippen LogP contribution in [0.2, 0.25) is 0 Å². The Morgan fingerprint density at radius 1 is 1.31 bits per heavy atom. The number of carbonyl (C=O) groups excluding carboxylic acids is 1. The van der Waals surface area contributed by atoms with Gasteiger partial charge in [-0.05, 0) is 19.9 Å². The van der Waals surface area contributed by atoms with Gasteiger partial charge in [-0.1, -0.05) is 18.2 Å². The van der Waals surface area contributed by atoms with E-state index in [1.54, 1.807) is 44.2 Å². The van der Waals surface area contributed by atoms with Crippen LogP contribution in [0.5, 0.6) is 11.5 Å². The van der Waals surface area contributed by atoms with Crippen LogP contribution in [0.4, 0.5) is 0 Å². The normalized spacial score (nSPS) is 15.9. The van der Waals surface area contributed by atoms with Crippen molar-refractivity contribution in [1.29, 1.82) is 0 Å².